The predicted molar refractivity (Wildman–Crippen MR) is 117 cm³/mol. The van der Waals surface area contributed by atoms with Crippen LogP contribution in [0.2, 0.25) is 5.02 Å². The fraction of sp³-hybridized carbons (Fsp3) is 0.364. The number of para-hydroxylation sites is 2. The lowest BCUT2D eigenvalue weighted by atomic mass is 10.1. The molecule has 2 aliphatic rings. The Morgan fingerprint density at radius 3 is 2.71 bits per heavy atom. The van der Waals surface area contributed by atoms with Crippen molar-refractivity contribution in [3.05, 3.63) is 47.5 Å². The van der Waals surface area contributed by atoms with E-state index in [1.807, 2.05) is 29.2 Å². The van der Waals surface area contributed by atoms with E-state index in [9.17, 15) is 9.59 Å². The van der Waals surface area contributed by atoms with Gasteiger partial charge in [0.25, 0.3) is 5.91 Å². The highest BCUT2D eigenvalue weighted by atomic mass is 35.5. The third-order valence-electron chi connectivity index (χ3n) is 5.23. The molecule has 2 aromatic carbocycles. The first-order valence-electron chi connectivity index (χ1n) is 10.1. The van der Waals surface area contributed by atoms with Crippen LogP contribution in [-0.2, 0) is 14.3 Å². The van der Waals surface area contributed by atoms with E-state index >= 15 is 0 Å². The number of methoxy groups -OCH3 is 1. The number of amides is 2. The number of ether oxygens (including phenoxy) is 3. The van der Waals surface area contributed by atoms with Gasteiger partial charge in [0, 0.05) is 18.8 Å². The number of carbonyl (C=O) groups excluding carboxylic acids is 2. The van der Waals surface area contributed by atoms with E-state index in [1.54, 1.807) is 23.1 Å². The van der Waals surface area contributed by atoms with Gasteiger partial charge in [-0.05, 0) is 30.3 Å². The quantitative estimate of drug-likeness (QED) is 0.761. The van der Waals surface area contributed by atoms with Crippen LogP contribution in [0.5, 0.6) is 11.5 Å². The van der Waals surface area contributed by atoms with Crippen LogP contribution in [-0.4, -0.2) is 69.3 Å². The number of halogens is 1. The standard InChI is InChI=1S/C22H24ClN3O5/c1-29-18-7-6-15(12-16(18)23)24-21(27)14-26-13-20(22(28)25-8-10-30-11-9-25)31-19-5-3-2-4-17(19)26/h2-7,12,20H,8-11,13-14H2,1H3,(H,24,27)/t20-/m0/s1. The highest BCUT2D eigenvalue weighted by Gasteiger charge is 2.34. The van der Waals surface area contributed by atoms with E-state index in [0.29, 0.717) is 48.5 Å². The molecule has 2 aliphatic heterocycles. The largest absolute Gasteiger partial charge is 0.495 e. The van der Waals surface area contributed by atoms with Crippen molar-refractivity contribution in [1.29, 1.82) is 0 Å². The van der Waals surface area contributed by atoms with Crippen LogP contribution < -0.4 is 19.7 Å². The van der Waals surface area contributed by atoms with Gasteiger partial charge >= 0.3 is 0 Å². The van der Waals surface area contributed by atoms with Crippen LogP contribution in [0, 0.1) is 0 Å². The zero-order valence-corrected chi connectivity index (χ0v) is 17.9. The summed E-state index contributed by atoms with van der Waals surface area (Å²) in [7, 11) is 1.53. The average Bonchev–Trinajstić information content (AvgIpc) is 2.79. The zero-order chi connectivity index (χ0) is 21.8. The minimum Gasteiger partial charge on any atom is -0.495 e. The van der Waals surface area contributed by atoms with Crippen molar-refractivity contribution in [3.63, 3.8) is 0 Å². The molecule has 1 fully saturated rings. The Labute approximate surface area is 185 Å². The number of anilines is 2. The van der Waals surface area contributed by atoms with E-state index in [4.69, 9.17) is 25.8 Å². The SMILES string of the molecule is COc1ccc(NC(=O)CN2C[C@@H](C(=O)N3CCOCC3)Oc3ccccc32)cc1Cl. The number of rotatable bonds is 5. The van der Waals surface area contributed by atoms with Gasteiger partial charge in [-0.2, -0.15) is 0 Å². The minimum absolute atomic E-state index is 0.0664. The van der Waals surface area contributed by atoms with Gasteiger partial charge in [0.1, 0.15) is 11.5 Å². The Morgan fingerprint density at radius 1 is 1.19 bits per heavy atom. The number of nitrogens with zero attached hydrogens (tertiary/aromatic N) is 2. The summed E-state index contributed by atoms with van der Waals surface area (Å²) < 4.78 is 16.5. The molecule has 1 atom stereocenters. The maximum absolute atomic E-state index is 13.0. The average molecular weight is 446 g/mol. The molecule has 0 spiro atoms. The smallest absolute Gasteiger partial charge is 0.265 e. The first kappa shape index (κ1) is 21.3. The number of nitrogens with one attached hydrogen (secondary N) is 1. The Hall–Kier alpha value is -2.97. The number of hydrogen-bond acceptors (Lipinski definition) is 6. The summed E-state index contributed by atoms with van der Waals surface area (Å²) in [4.78, 5) is 29.3. The first-order chi connectivity index (χ1) is 15.0. The minimum atomic E-state index is -0.684. The lowest BCUT2D eigenvalue weighted by Gasteiger charge is -2.38. The molecule has 2 amide bonds. The second-order valence-corrected chi connectivity index (χ2v) is 7.70. The van der Waals surface area contributed by atoms with Gasteiger partial charge in [0.2, 0.25) is 5.91 Å². The highest BCUT2D eigenvalue weighted by Crippen LogP contribution is 2.33. The van der Waals surface area contributed by atoms with Crippen molar-refractivity contribution < 1.29 is 23.8 Å². The predicted octanol–water partition coefficient (Wildman–Crippen LogP) is 2.41. The molecule has 164 valence electrons. The van der Waals surface area contributed by atoms with E-state index in [1.165, 1.54) is 7.11 Å². The molecule has 0 aliphatic carbocycles. The van der Waals surface area contributed by atoms with Crippen molar-refractivity contribution in [2.75, 3.05) is 56.7 Å². The summed E-state index contributed by atoms with van der Waals surface area (Å²) in [6.07, 6.45) is -0.684. The third kappa shape index (κ3) is 4.86. The Bertz CT molecular complexity index is 964. The molecule has 0 unspecified atom stereocenters. The van der Waals surface area contributed by atoms with Gasteiger partial charge in [0.05, 0.1) is 44.1 Å². The van der Waals surface area contributed by atoms with Crippen molar-refractivity contribution >= 4 is 34.8 Å². The summed E-state index contributed by atoms with van der Waals surface area (Å²) in [6.45, 7) is 2.47. The van der Waals surface area contributed by atoms with Crippen LogP contribution >= 0.6 is 11.6 Å². The molecule has 9 heteroatoms. The normalized spacial score (nSPS) is 18.1. The van der Waals surface area contributed by atoms with E-state index in [0.717, 1.165) is 5.69 Å². The molecule has 0 radical (unpaired) electrons. The Kier molecular flexibility index (Phi) is 6.48. The fourth-order valence-corrected chi connectivity index (χ4v) is 3.95. The van der Waals surface area contributed by atoms with Crippen LogP contribution in [0.15, 0.2) is 42.5 Å². The van der Waals surface area contributed by atoms with Crippen molar-refractivity contribution in [3.8, 4) is 11.5 Å². The van der Waals surface area contributed by atoms with Crippen LogP contribution in [0.1, 0.15) is 0 Å². The third-order valence-corrected chi connectivity index (χ3v) is 5.52. The summed E-state index contributed by atoms with van der Waals surface area (Å²) in [6, 6.07) is 12.5. The number of morpholine rings is 1. The molecule has 2 heterocycles. The number of hydrogen-bond donors (Lipinski definition) is 1. The summed E-state index contributed by atoms with van der Waals surface area (Å²) in [5, 5.41) is 3.26. The number of carbonyl (C=O) groups is 2. The second-order valence-electron chi connectivity index (χ2n) is 7.29. The van der Waals surface area contributed by atoms with Crippen LogP contribution in [0.4, 0.5) is 11.4 Å². The molecule has 4 rings (SSSR count). The molecule has 1 saturated heterocycles. The first-order valence-corrected chi connectivity index (χ1v) is 10.4. The fourth-order valence-electron chi connectivity index (χ4n) is 3.69. The van der Waals surface area contributed by atoms with E-state index in [-0.39, 0.29) is 24.9 Å². The van der Waals surface area contributed by atoms with Gasteiger partial charge in [0.15, 0.2) is 6.10 Å². The summed E-state index contributed by atoms with van der Waals surface area (Å²) in [5.41, 5.74) is 1.34. The molecular weight excluding hydrogens is 422 g/mol. The number of fused-ring (bicyclic) bond motifs is 1. The molecule has 8 nitrogen and oxygen atoms in total. The number of benzene rings is 2. The molecule has 2 aromatic rings. The van der Waals surface area contributed by atoms with E-state index < -0.39 is 6.10 Å². The van der Waals surface area contributed by atoms with Crippen molar-refractivity contribution in [2.45, 2.75) is 6.10 Å². The lowest BCUT2D eigenvalue weighted by molar-refractivity contribution is -0.142. The maximum atomic E-state index is 13.0. The monoisotopic (exact) mass is 445 g/mol. The van der Waals surface area contributed by atoms with Crippen LogP contribution in [0.25, 0.3) is 0 Å². The lowest BCUT2D eigenvalue weighted by Crippen LogP contribution is -2.53. The Balaban J connectivity index is 1.47. The molecular formula is C22H24ClN3O5. The van der Waals surface area contributed by atoms with E-state index in [2.05, 4.69) is 5.32 Å². The van der Waals surface area contributed by atoms with Crippen LogP contribution in [0.3, 0.4) is 0 Å². The molecule has 0 saturated carbocycles. The topological polar surface area (TPSA) is 80.3 Å². The van der Waals surface area contributed by atoms with Crippen molar-refractivity contribution in [1.82, 2.24) is 4.90 Å². The molecule has 0 aromatic heterocycles. The molecule has 31 heavy (non-hydrogen) atoms. The van der Waals surface area contributed by atoms with Gasteiger partial charge in [-0.15, -0.1) is 0 Å². The van der Waals surface area contributed by atoms with Gasteiger partial charge in [-0.3, -0.25) is 9.59 Å². The second kappa shape index (κ2) is 9.45. The Morgan fingerprint density at radius 2 is 1.97 bits per heavy atom. The zero-order valence-electron chi connectivity index (χ0n) is 17.2. The van der Waals surface area contributed by atoms with Crippen molar-refractivity contribution in [2.24, 2.45) is 0 Å². The maximum Gasteiger partial charge on any atom is 0.265 e. The van der Waals surface area contributed by atoms with Gasteiger partial charge in [-0.1, -0.05) is 23.7 Å². The summed E-state index contributed by atoms with van der Waals surface area (Å²) >= 11 is 6.15. The highest BCUT2D eigenvalue weighted by molar-refractivity contribution is 6.32. The van der Waals surface area contributed by atoms with Gasteiger partial charge < -0.3 is 29.3 Å². The van der Waals surface area contributed by atoms with Gasteiger partial charge in [-0.25, -0.2) is 0 Å². The molecule has 1 N–H and O–H groups in total. The molecule has 0 bridgehead atoms. The summed E-state index contributed by atoms with van der Waals surface area (Å²) in [5.74, 6) is 0.799.